The van der Waals surface area contributed by atoms with Crippen LogP contribution >= 0.6 is 15.9 Å². The average Bonchev–Trinajstić information content (AvgIpc) is 3.07. The third kappa shape index (κ3) is 5.01. The van der Waals surface area contributed by atoms with Crippen molar-refractivity contribution in [2.24, 2.45) is 11.1 Å². The molecule has 0 saturated carbocycles. The minimum absolute atomic E-state index is 0.162. The van der Waals surface area contributed by atoms with Crippen LogP contribution in [0.25, 0.3) is 0 Å². The van der Waals surface area contributed by atoms with Gasteiger partial charge in [-0.15, -0.1) is 0 Å². The first-order chi connectivity index (χ1) is 15.0. The van der Waals surface area contributed by atoms with Crippen molar-refractivity contribution in [2.75, 3.05) is 26.2 Å². The third-order valence-corrected chi connectivity index (χ3v) is 7.43. The van der Waals surface area contributed by atoms with Gasteiger partial charge >= 0.3 is 0 Å². The molecule has 2 saturated heterocycles. The molecule has 0 aromatic heterocycles. The van der Waals surface area contributed by atoms with Gasteiger partial charge < -0.3 is 15.5 Å². The molecular formula is C25H30BrN3O2. The zero-order valence-electron chi connectivity index (χ0n) is 17.9. The monoisotopic (exact) mass is 483 g/mol. The Labute approximate surface area is 192 Å². The van der Waals surface area contributed by atoms with E-state index in [4.69, 9.17) is 5.73 Å². The van der Waals surface area contributed by atoms with Gasteiger partial charge in [-0.2, -0.15) is 0 Å². The van der Waals surface area contributed by atoms with E-state index in [2.05, 4.69) is 33.0 Å². The predicted molar refractivity (Wildman–Crippen MR) is 126 cm³/mol. The number of rotatable bonds is 7. The summed E-state index contributed by atoms with van der Waals surface area (Å²) < 4.78 is 1.06. The Hall–Kier alpha value is -2.18. The highest BCUT2D eigenvalue weighted by atomic mass is 79.9. The van der Waals surface area contributed by atoms with Crippen LogP contribution in [-0.2, 0) is 17.8 Å². The maximum Gasteiger partial charge on any atom is 0.248 e. The maximum absolute atomic E-state index is 13.2. The molecule has 2 N–H and O–H groups in total. The van der Waals surface area contributed by atoms with Crippen LogP contribution < -0.4 is 5.73 Å². The van der Waals surface area contributed by atoms with Gasteiger partial charge in [0.05, 0.1) is 5.41 Å². The number of hydrogen-bond donors (Lipinski definition) is 1. The lowest BCUT2D eigenvalue weighted by molar-refractivity contribution is -0.138. The molecule has 2 amide bonds. The van der Waals surface area contributed by atoms with E-state index >= 15 is 0 Å². The summed E-state index contributed by atoms with van der Waals surface area (Å²) >= 11 is 3.47. The van der Waals surface area contributed by atoms with Crippen LogP contribution in [0.5, 0.6) is 0 Å². The molecule has 0 radical (unpaired) electrons. The molecule has 6 heteroatoms. The Balaban J connectivity index is 1.26. The first kappa shape index (κ1) is 22.0. The van der Waals surface area contributed by atoms with Gasteiger partial charge in [-0.25, -0.2) is 0 Å². The zero-order chi connectivity index (χ0) is 21.8. The maximum atomic E-state index is 13.2. The molecule has 2 aromatic carbocycles. The van der Waals surface area contributed by atoms with Crippen molar-refractivity contribution >= 4 is 27.7 Å². The van der Waals surface area contributed by atoms with Gasteiger partial charge in [-0.3, -0.25) is 9.59 Å². The van der Waals surface area contributed by atoms with Gasteiger partial charge in [0, 0.05) is 23.1 Å². The van der Waals surface area contributed by atoms with Crippen LogP contribution in [0.1, 0.15) is 47.2 Å². The number of carbonyl (C=O) groups excluding carboxylic acids is 2. The molecule has 1 spiro atoms. The topological polar surface area (TPSA) is 66.6 Å². The van der Waals surface area contributed by atoms with E-state index in [1.807, 2.05) is 35.2 Å². The van der Waals surface area contributed by atoms with Crippen LogP contribution in [0.4, 0.5) is 0 Å². The first-order valence-electron chi connectivity index (χ1n) is 11.1. The molecular weight excluding hydrogens is 454 g/mol. The Kier molecular flexibility index (Phi) is 6.77. The fraction of sp³-hybridized carbons (Fsp3) is 0.440. The van der Waals surface area contributed by atoms with Gasteiger partial charge in [0.15, 0.2) is 0 Å². The number of primary amides is 1. The molecule has 31 heavy (non-hydrogen) atoms. The molecule has 5 nitrogen and oxygen atoms in total. The van der Waals surface area contributed by atoms with Crippen LogP contribution in [0.2, 0.25) is 0 Å². The molecule has 0 bridgehead atoms. The summed E-state index contributed by atoms with van der Waals surface area (Å²) in [5.41, 5.74) is 8.16. The fourth-order valence-corrected chi connectivity index (χ4v) is 5.26. The van der Waals surface area contributed by atoms with Gasteiger partial charge in [-0.1, -0.05) is 46.3 Å². The number of likely N-dealkylation sites (tertiary alicyclic amines) is 2. The number of hydrogen-bond acceptors (Lipinski definition) is 3. The highest BCUT2D eigenvalue weighted by Crippen LogP contribution is 2.42. The lowest BCUT2D eigenvalue weighted by Gasteiger charge is -2.38. The fourth-order valence-electron chi connectivity index (χ4n) is 4.99. The summed E-state index contributed by atoms with van der Waals surface area (Å²) in [6, 6.07) is 15.8. The molecule has 4 rings (SSSR count). The van der Waals surface area contributed by atoms with Gasteiger partial charge in [0.2, 0.25) is 11.8 Å². The predicted octanol–water partition coefficient (Wildman–Crippen LogP) is 4.00. The summed E-state index contributed by atoms with van der Waals surface area (Å²) in [5, 5.41) is 0. The van der Waals surface area contributed by atoms with E-state index in [9.17, 15) is 9.59 Å². The average molecular weight is 484 g/mol. The number of halogens is 1. The molecule has 0 atom stereocenters. The van der Waals surface area contributed by atoms with Crippen molar-refractivity contribution in [1.82, 2.24) is 9.80 Å². The number of aryl methyl sites for hydroxylation is 1. The number of nitrogens with zero attached hydrogens (tertiary/aromatic N) is 2. The van der Waals surface area contributed by atoms with Crippen LogP contribution in [0, 0.1) is 5.41 Å². The van der Waals surface area contributed by atoms with Crippen LogP contribution in [0.3, 0.4) is 0 Å². The highest BCUT2D eigenvalue weighted by Gasteiger charge is 2.47. The van der Waals surface area contributed by atoms with E-state index in [-0.39, 0.29) is 11.3 Å². The van der Waals surface area contributed by atoms with Gasteiger partial charge in [-0.05, 0) is 81.1 Å². The second-order valence-corrected chi connectivity index (χ2v) is 9.77. The van der Waals surface area contributed by atoms with E-state index in [1.165, 1.54) is 5.56 Å². The highest BCUT2D eigenvalue weighted by molar-refractivity contribution is 9.10. The molecule has 164 valence electrons. The number of carbonyl (C=O) groups is 2. The molecule has 2 aromatic rings. The largest absolute Gasteiger partial charge is 0.366 e. The van der Waals surface area contributed by atoms with Crippen molar-refractivity contribution < 1.29 is 9.59 Å². The van der Waals surface area contributed by atoms with Crippen molar-refractivity contribution in [3.8, 4) is 0 Å². The first-order valence-corrected chi connectivity index (χ1v) is 11.9. The number of benzene rings is 2. The summed E-state index contributed by atoms with van der Waals surface area (Å²) in [6.07, 6.45) is 4.70. The molecule has 2 heterocycles. The molecule has 0 aliphatic carbocycles. The smallest absolute Gasteiger partial charge is 0.248 e. The Bertz CT molecular complexity index is 936. The lowest BCUT2D eigenvalue weighted by Crippen LogP contribution is -2.44. The number of amides is 2. The molecule has 2 fully saturated rings. The van der Waals surface area contributed by atoms with E-state index in [0.29, 0.717) is 18.0 Å². The van der Waals surface area contributed by atoms with E-state index in [1.54, 1.807) is 6.07 Å². The number of piperidine rings is 1. The molecule has 2 aliphatic rings. The van der Waals surface area contributed by atoms with Crippen molar-refractivity contribution in [3.63, 3.8) is 0 Å². The summed E-state index contributed by atoms with van der Waals surface area (Å²) in [5.74, 6) is -0.0200. The van der Waals surface area contributed by atoms with Crippen molar-refractivity contribution in [1.29, 1.82) is 0 Å². The Morgan fingerprint density at radius 2 is 1.68 bits per heavy atom. The number of nitrogens with two attached hydrogens (primary N) is 1. The van der Waals surface area contributed by atoms with Gasteiger partial charge in [0.25, 0.3) is 0 Å². The van der Waals surface area contributed by atoms with Crippen molar-refractivity contribution in [3.05, 3.63) is 69.7 Å². The van der Waals surface area contributed by atoms with Crippen LogP contribution in [-0.4, -0.2) is 47.8 Å². The summed E-state index contributed by atoms with van der Waals surface area (Å²) in [7, 11) is 0. The Morgan fingerprint density at radius 3 is 2.39 bits per heavy atom. The van der Waals surface area contributed by atoms with E-state index < -0.39 is 0 Å². The normalized spacial score (nSPS) is 18.6. The van der Waals surface area contributed by atoms with Crippen LogP contribution in [0.15, 0.2) is 53.0 Å². The quantitative estimate of drug-likeness (QED) is 0.646. The second kappa shape index (κ2) is 9.53. The van der Waals surface area contributed by atoms with Crippen molar-refractivity contribution in [2.45, 2.75) is 38.6 Å². The summed E-state index contributed by atoms with van der Waals surface area (Å²) in [6.45, 7) is 4.49. The standard InChI is InChI=1S/C25H30BrN3O2/c26-21-9-7-19(8-10-21)18-29-17-13-25(24(29)31)11-15-28(16-12-25)14-3-5-20-4-1-2-6-22(20)23(27)30/h1-2,4,6-10H,3,5,11-18H2,(H2,27,30). The zero-order valence-corrected chi connectivity index (χ0v) is 19.4. The molecule has 2 aliphatic heterocycles. The SMILES string of the molecule is NC(=O)c1ccccc1CCCN1CCC2(CC1)CCN(Cc1ccc(Br)cc1)C2=O. The molecule has 0 unspecified atom stereocenters. The minimum atomic E-state index is -0.358. The minimum Gasteiger partial charge on any atom is -0.366 e. The second-order valence-electron chi connectivity index (χ2n) is 8.85. The summed E-state index contributed by atoms with van der Waals surface area (Å²) in [4.78, 5) is 29.3. The van der Waals surface area contributed by atoms with Gasteiger partial charge in [0.1, 0.15) is 0 Å². The third-order valence-electron chi connectivity index (χ3n) is 6.90. The van der Waals surface area contributed by atoms with E-state index in [0.717, 1.165) is 68.3 Å². The lowest BCUT2D eigenvalue weighted by atomic mass is 9.77. The Morgan fingerprint density at radius 1 is 1.00 bits per heavy atom.